The van der Waals surface area contributed by atoms with Crippen LogP contribution in [-0.2, 0) is 20.7 Å². The summed E-state index contributed by atoms with van der Waals surface area (Å²) in [6.45, 7) is 8.70. The van der Waals surface area contributed by atoms with E-state index in [1.165, 1.54) is 0 Å². The van der Waals surface area contributed by atoms with Crippen molar-refractivity contribution in [1.29, 1.82) is 0 Å². The van der Waals surface area contributed by atoms with E-state index >= 15 is 0 Å². The zero-order chi connectivity index (χ0) is 19.6. The maximum absolute atomic E-state index is 13.3. The number of H-pyrrole nitrogens is 1. The van der Waals surface area contributed by atoms with Crippen molar-refractivity contribution in [3.05, 3.63) is 36.0 Å². The van der Waals surface area contributed by atoms with Crippen LogP contribution in [-0.4, -0.2) is 53.0 Å². The Morgan fingerprint density at radius 1 is 1.22 bits per heavy atom. The number of aromatic amines is 1. The molecule has 0 saturated carbocycles. The van der Waals surface area contributed by atoms with Gasteiger partial charge in [0.1, 0.15) is 6.04 Å². The number of para-hydroxylation sites is 1. The average Bonchev–Trinajstić information content (AvgIpc) is 3.02. The molecular weight excluding hydrogens is 342 g/mol. The number of carbonyl (C=O) groups excluding carboxylic acids is 2. The second kappa shape index (κ2) is 8.13. The van der Waals surface area contributed by atoms with Gasteiger partial charge >= 0.3 is 0 Å². The molecule has 0 unspecified atom stereocenters. The van der Waals surface area contributed by atoms with Crippen LogP contribution in [0.25, 0.3) is 10.9 Å². The van der Waals surface area contributed by atoms with Crippen LogP contribution in [0, 0.1) is 5.92 Å². The highest BCUT2D eigenvalue weighted by Crippen LogP contribution is 2.21. The molecule has 146 valence electrons. The van der Waals surface area contributed by atoms with Gasteiger partial charge in [0.05, 0.1) is 12.2 Å². The van der Waals surface area contributed by atoms with Crippen molar-refractivity contribution in [2.24, 2.45) is 5.92 Å². The van der Waals surface area contributed by atoms with E-state index in [4.69, 9.17) is 4.74 Å². The summed E-state index contributed by atoms with van der Waals surface area (Å²) in [6, 6.07) is 7.41. The van der Waals surface area contributed by atoms with E-state index < -0.39 is 6.04 Å². The van der Waals surface area contributed by atoms with E-state index in [0.717, 1.165) is 16.5 Å². The molecular formula is C21H29N3O3. The molecule has 0 spiro atoms. The number of benzene rings is 1. The fourth-order valence-corrected chi connectivity index (χ4v) is 3.64. The third-order valence-electron chi connectivity index (χ3n) is 4.97. The van der Waals surface area contributed by atoms with Crippen molar-refractivity contribution < 1.29 is 14.3 Å². The Hall–Kier alpha value is -2.34. The SMILES string of the molecule is CC(C)C(=O)N[C@H](Cc1c[nH]c2ccccc12)C(=O)N1C[C@@H](C)O[C@H](C)C1. The highest BCUT2D eigenvalue weighted by molar-refractivity contribution is 5.90. The first-order valence-electron chi connectivity index (χ1n) is 9.64. The monoisotopic (exact) mass is 371 g/mol. The van der Waals surface area contributed by atoms with Gasteiger partial charge in [0.15, 0.2) is 0 Å². The Morgan fingerprint density at radius 3 is 2.56 bits per heavy atom. The third-order valence-corrected chi connectivity index (χ3v) is 4.97. The topological polar surface area (TPSA) is 74.4 Å². The lowest BCUT2D eigenvalue weighted by Crippen LogP contribution is -2.56. The molecule has 1 aliphatic rings. The molecule has 1 aromatic carbocycles. The Balaban J connectivity index is 1.84. The summed E-state index contributed by atoms with van der Waals surface area (Å²) in [5.74, 6) is -0.329. The van der Waals surface area contributed by atoms with Gasteiger partial charge in [-0.3, -0.25) is 9.59 Å². The molecule has 1 aliphatic heterocycles. The minimum absolute atomic E-state index is 0.00719. The van der Waals surface area contributed by atoms with Gasteiger partial charge < -0.3 is 19.9 Å². The molecule has 0 bridgehead atoms. The quantitative estimate of drug-likeness (QED) is 0.848. The van der Waals surface area contributed by atoms with Crippen molar-refractivity contribution in [3.63, 3.8) is 0 Å². The molecule has 0 aliphatic carbocycles. The van der Waals surface area contributed by atoms with E-state index in [-0.39, 0.29) is 29.9 Å². The Morgan fingerprint density at radius 2 is 1.89 bits per heavy atom. The predicted octanol–water partition coefficient (Wildman–Crippen LogP) is 2.49. The number of fused-ring (bicyclic) bond motifs is 1. The number of nitrogens with one attached hydrogen (secondary N) is 2. The summed E-state index contributed by atoms with van der Waals surface area (Å²) in [5, 5.41) is 4.04. The van der Waals surface area contributed by atoms with Crippen LogP contribution >= 0.6 is 0 Å². The summed E-state index contributed by atoms with van der Waals surface area (Å²) in [7, 11) is 0. The molecule has 2 aromatic rings. The van der Waals surface area contributed by atoms with Crippen LogP contribution in [0.3, 0.4) is 0 Å². The minimum atomic E-state index is -0.586. The van der Waals surface area contributed by atoms with Crippen molar-refractivity contribution in [3.8, 4) is 0 Å². The number of aromatic nitrogens is 1. The van der Waals surface area contributed by atoms with E-state index in [1.807, 2.05) is 63.1 Å². The number of carbonyl (C=O) groups is 2. The molecule has 2 amide bonds. The summed E-state index contributed by atoms with van der Waals surface area (Å²) >= 11 is 0. The van der Waals surface area contributed by atoms with Gasteiger partial charge in [-0.25, -0.2) is 0 Å². The summed E-state index contributed by atoms with van der Waals surface area (Å²) in [4.78, 5) is 30.7. The zero-order valence-electron chi connectivity index (χ0n) is 16.5. The van der Waals surface area contributed by atoms with Gasteiger partial charge in [-0.05, 0) is 25.5 Å². The van der Waals surface area contributed by atoms with Gasteiger partial charge in [0, 0.05) is 42.5 Å². The van der Waals surface area contributed by atoms with Crippen LogP contribution in [0.15, 0.2) is 30.5 Å². The lowest BCUT2D eigenvalue weighted by Gasteiger charge is -2.37. The molecule has 27 heavy (non-hydrogen) atoms. The Bertz CT molecular complexity index is 804. The molecule has 1 fully saturated rings. The maximum atomic E-state index is 13.3. The number of nitrogens with zero attached hydrogens (tertiary/aromatic N) is 1. The Labute approximate surface area is 160 Å². The first-order chi connectivity index (χ1) is 12.8. The maximum Gasteiger partial charge on any atom is 0.245 e. The Kier molecular flexibility index (Phi) is 5.85. The number of hydrogen-bond donors (Lipinski definition) is 2. The van der Waals surface area contributed by atoms with Gasteiger partial charge in [0.25, 0.3) is 0 Å². The number of rotatable bonds is 5. The number of ether oxygens (including phenoxy) is 1. The molecule has 2 heterocycles. The second-order valence-corrected chi connectivity index (χ2v) is 7.78. The number of amides is 2. The van der Waals surface area contributed by atoms with E-state index in [9.17, 15) is 9.59 Å². The first-order valence-corrected chi connectivity index (χ1v) is 9.64. The molecule has 0 radical (unpaired) electrons. The van der Waals surface area contributed by atoms with Crippen molar-refractivity contribution in [2.75, 3.05) is 13.1 Å². The number of morpholine rings is 1. The van der Waals surface area contributed by atoms with E-state index in [0.29, 0.717) is 19.5 Å². The van der Waals surface area contributed by atoms with Crippen LogP contribution < -0.4 is 5.32 Å². The smallest absolute Gasteiger partial charge is 0.245 e. The molecule has 3 rings (SSSR count). The summed E-state index contributed by atoms with van der Waals surface area (Å²) in [6.07, 6.45) is 2.37. The fourth-order valence-electron chi connectivity index (χ4n) is 3.64. The van der Waals surface area contributed by atoms with Crippen molar-refractivity contribution in [2.45, 2.75) is 52.4 Å². The molecule has 3 atom stereocenters. The van der Waals surface area contributed by atoms with Crippen LogP contribution in [0.2, 0.25) is 0 Å². The van der Waals surface area contributed by atoms with Gasteiger partial charge in [0.2, 0.25) is 11.8 Å². The first kappa shape index (κ1) is 19.4. The van der Waals surface area contributed by atoms with Crippen LogP contribution in [0.1, 0.15) is 33.3 Å². The lowest BCUT2D eigenvalue weighted by molar-refractivity contribution is -0.147. The fraction of sp³-hybridized carbons (Fsp3) is 0.524. The average molecular weight is 371 g/mol. The van der Waals surface area contributed by atoms with E-state index in [2.05, 4.69) is 10.3 Å². The summed E-state index contributed by atoms with van der Waals surface area (Å²) < 4.78 is 5.74. The molecule has 1 aromatic heterocycles. The second-order valence-electron chi connectivity index (χ2n) is 7.78. The molecule has 2 N–H and O–H groups in total. The minimum Gasteiger partial charge on any atom is -0.372 e. The highest BCUT2D eigenvalue weighted by Gasteiger charge is 2.32. The molecule has 1 saturated heterocycles. The lowest BCUT2D eigenvalue weighted by atomic mass is 10.0. The van der Waals surface area contributed by atoms with Crippen LogP contribution in [0.4, 0.5) is 0 Å². The predicted molar refractivity (Wildman–Crippen MR) is 105 cm³/mol. The van der Waals surface area contributed by atoms with Crippen molar-refractivity contribution in [1.82, 2.24) is 15.2 Å². The van der Waals surface area contributed by atoms with E-state index in [1.54, 1.807) is 0 Å². The van der Waals surface area contributed by atoms with Crippen molar-refractivity contribution >= 4 is 22.7 Å². The van der Waals surface area contributed by atoms with Crippen LogP contribution in [0.5, 0.6) is 0 Å². The highest BCUT2D eigenvalue weighted by atomic mass is 16.5. The normalized spacial score (nSPS) is 21.4. The summed E-state index contributed by atoms with van der Waals surface area (Å²) in [5.41, 5.74) is 2.06. The molecule has 6 nitrogen and oxygen atoms in total. The standard InChI is InChI=1S/C21H29N3O3/c1-13(2)20(25)23-19(21(26)24-11-14(3)27-15(4)12-24)9-16-10-22-18-8-6-5-7-17(16)18/h5-8,10,13-15,19,22H,9,11-12H2,1-4H3,(H,23,25)/t14-,15-,19-/m1/s1. The number of hydrogen-bond acceptors (Lipinski definition) is 3. The van der Waals surface area contributed by atoms with Gasteiger partial charge in [-0.15, -0.1) is 0 Å². The van der Waals surface area contributed by atoms with Gasteiger partial charge in [-0.1, -0.05) is 32.0 Å². The third kappa shape index (κ3) is 4.50. The largest absolute Gasteiger partial charge is 0.372 e. The zero-order valence-corrected chi connectivity index (χ0v) is 16.5. The molecule has 6 heteroatoms. The van der Waals surface area contributed by atoms with Gasteiger partial charge in [-0.2, -0.15) is 0 Å².